The Hall–Kier alpha value is -2.96. The second kappa shape index (κ2) is 10.9. The van der Waals surface area contributed by atoms with E-state index in [2.05, 4.69) is 10.6 Å². The molecule has 3 aromatic carbocycles. The Kier molecular flexibility index (Phi) is 7.98. The van der Waals surface area contributed by atoms with Crippen molar-refractivity contribution in [2.45, 2.75) is 24.0 Å². The highest BCUT2D eigenvalue weighted by Gasteiger charge is 2.16. The standard InChI is InChI=1S/C24H23ClN2O3S/c1-16-8-9-18(25)14-22(16)27-24(29)17(2)31-21-12-10-19(11-13-21)26-23(28)15-30-20-6-4-3-5-7-20/h3-14,17H,15H2,1-2H3,(H,26,28)(H,27,29). The summed E-state index contributed by atoms with van der Waals surface area (Å²) in [4.78, 5) is 25.5. The van der Waals surface area contributed by atoms with E-state index in [4.69, 9.17) is 16.3 Å². The Balaban J connectivity index is 1.49. The normalized spacial score (nSPS) is 11.5. The maximum Gasteiger partial charge on any atom is 0.262 e. The van der Waals surface area contributed by atoms with Gasteiger partial charge in [0, 0.05) is 21.3 Å². The fourth-order valence-corrected chi connectivity index (χ4v) is 3.74. The van der Waals surface area contributed by atoms with Gasteiger partial charge in [0.2, 0.25) is 5.91 Å². The molecule has 0 fully saturated rings. The van der Waals surface area contributed by atoms with E-state index in [0.717, 1.165) is 10.5 Å². The molecule has 7 heteroatoms. The highest BCUT2D eigenvalue weighted by Crippen LogP contribution is 2.27. The third-order valence-corrected chi connectivity index (χ3v) is 5.74. The van der Waals surface area contributed by atoms with Crippen LogP contribution in [0.4, 0.5) is 11.4 Å². The van der Waals surface area contributed by atoms with E-state index < -0.39 is 0 Å². The van der Waals surface area contributed by atoms with Gasteiger partial charge in [-0.1, -0.05) is 35.9 Å². The van der Waals surface area contributed by atoms with Crippen molar-refractivity contribution in [2.24, 2.45) is 0 Å². The molecule has 0 aliphatic carbocycles. The molecule has 0 radical (unpaired) electrons. The Bertz CT molecular complexity index is 1040. The summed E-state index contributed by atoms with van der Waals surface area (Å²) in [7, 11) is 0. The van der Waals surface area contributed by atoms with Crippen molar-refractivity contribution in [3.63, 3.8) is 0 Å². The van der Waals surface area contributed by atoms with Crippen molar-refractivity contribution in [1.82, 2.24) is 0 Å². The number of ether oxygens (including phenoxy) is 1. The zero-order valence-electron chi connectivity index (χ0n) is 17.2. The van der Waals surface area contributed by atoms with Crippen molar-refractivity contribution >= 4 is 46.6 Å². The predicted octanol–water partition coefficient (Wildman–Crippen LogP) is 5.79. The summed E-state index contributed by atoms with van der Waals surface area (Å²) in [6.07, 6.45) is 0. The maximum absolute atomic E-state index is 12.5. The first-order valence-electron chi connectivity index (χ1n) is 9.72. The highest BCUT2D eigenvalue weighted by atomic mass is 35.5. The Labute approximate surface area is 191 Å². The number of carbonyl (C=O) groups is 2. The molecule has 5 nitrogen and oxygen atoms in total. The minimum Gasteiger partial charge on any atom is -0.484 e. The summed E-state index contributed by atoms with van der Waals surface area (Å²) in [6.45, 7) is 3.69. The smallest absolute Gasteiger partial charge is 0.262 e. The molecular weight excluding hydrogens is 432 g/mol. The van der Waals surface area contributed by atoms with Gasteiger partial charge in [0.1, 0.15) is 5.75 Å². The van der Waals surface area contributed by atoms with Crippen molar-refractivity contribution in [3.8, 4) is 5.75 Å². The van der Waals surface area contributed by atoms with Crippen LogP contribution in [0.3, 0.4) is 0 Å². The number of rotatable bonds is 8. The number of benzene rings is 3. The van der Waals surface area contributed by atoms with Gasteiger partial charge in [0.15, 0.2) is 6.61 Å². The number of amides is 2. The molecule has 2 N–H and O–H groups in total. The van der Waals surface area contributed by atoms with Gasteiger partial charge in [-0.05, 0) is 67.9 Å². The second-order valence-electron chi connectivity index (χ2n) is 6.88. The zero-order chi connectivity index (χ0) is 22.2. The van der Waals surface area contributed by atoms with Crippen LogP contribution in [0.1, 0.15) is 12.5 Å². The molecule has 0 aliphatic rings. The number of aryl methyl sites for hydroxylation is 1. The lowest BCUT2D eigenvalue weighted by Gasteiger charge is -2.14. The van der Waals surface area contributed by atoms with Crippen molar-refractivity contribution in [2.75, 3.05) is 17.2 Å². The zero-order valence-corrected chi connectivity index (χ0v) is 18.8. The number of anilines is 2. The van der Waals surface area contributed by atoms with E-state index in [0.29, 0.717) is 22.1 Å². The van der Waals surface area contributed by atoms with Crippen LogP contribution < -0.4 is 15.4 Å². The molecule has 3 aromatic rings. The summed E-state index contributed by atoms with van der Waals surface area (Å²) in [6, 6.07) is 21.9. The molecule has 0 aliphatic heterocycles. The first-order chi connectivity index (χ1) is 14.9. The van der Waals surface area contributed by atoms with Crippen molar-refractivity contribution in [1.29, 1.82) is 0 Å². The third-order valence-electron chi connectivity index (χ3n) is 4.39. The molecule has 31 heavy (non-hydrogen) atoms. The van der Waals surface area contributed by atoms with E-state index in [1.54, 1.807) is 36.4 Å². The summed E-state index contributed by atoms with van der Waals surface area (Å²) < 4.78 is 5.44. The molecule has 0 saturated heterocycles. The first-order valence-corrected chi connectivity index (χ1v) is 11.0. The van der Waals surface area contributed by atoms with Gasteiger partial charge in [-0.3, -0.25) is 9.59 Å². The predicted molar refractivity (Wildman–Crippen MR) is 127 cm³/mol. The maximum atomic E-state index is 12.5. The van der Waals surface area contributed by atoms with Crippen LogP contribution in [-0.4, -0.2) is 23.7 Å². The van der Waals surface area contributed by atoms with Gasteiger partial charge in [0.05, 0.1) is 5.25 Å². The highest BCUT2D eigenvalue weighted by molar-refractivity contribution is 8.00. The lowest BCUT2D eigenvalue weighted by atomic mass is 10.2. The number of halogens is 1. The number of carbonyl (C=O) groups excluding carboxylic acids is 2. The monoisotopic (exact) mass is 454 g/mol. The summed E-state index contributed by atoms with van der Waals surface area (Å²) in [5.41, 5.74) is 2.32. The number of nitrogens with one attached hydrogen (secondary N) is 2. The lowest BCUT2D eigenvalue weighted by molar-refractivity contribution is -0.118. The molecule has 0 bridgehead atoms. The molecule has 160 valence electrons. The van der Waals surface area contributed by atoms with Crippen LogP contribution in [0.2, 0.25) is 5.02 Å². The van der Waals surface area contributed by atoms with E-state index in [1.807, 2.05) is 50.2 Å². The van der Waals surface area contributed by atoms with Crippen LogP contribution in [0.25, 0.3) is 0 Å². The average Bonchev–Trinajstić information content (AvgIpc) is 2.77. The molecule has 0 saturated carbocycles. The molecule has 0 spiro atoms. The van der Waals surface area contributed by atoms with Gasteiger partial charge in [-0.25, -0.2) is 0 Å². The van der Waals surface area contributed by atoms with Crippen LogP contribution in [0.15, 0.2) is 77.7 Å². The number of hydrogen-bond acceptors (Lipinski definition) is 4. The van der Waals surface area contributed by atoms with Crippen molar-refractivity contribution in [3.05, 3.63) is 83.4 Å². The van der Waals surface area contributed by atoms with Gasteiger partial charge < -0.3 is 15.4 Å². The number of thioether (sulfide) groups is 1. The van der Waals surface area contributed by atoms with E-state index >= 15 is 0 Å². The molecule has 3 rings (SSSR count). The first kappa shape index (κ1) is 22.7. The average molecular weight is 455 g/mol. The van der Waals surface area contributed by atoms with Crippen LogP contribution in [0, 0.1) is 6.92 Å². The van der Waals surface area contributed by atoms with Gasteiger partial charge in [0.25, 0.3) is 5.91 Å². The molecular formula is C24H23ClN2O3S. The SMILES string of the molecule is Cc1ccc(Cl)cc1NC(=O)C(C)Sc1ccc(NC(=O)COc2ccccc2)cc1. The van der Waals surface area contributed by atoms with E-state index in [9.17, 15) is 9.59 Å². The van der Waals surface area contributed by atoms with Gasteiger partial charge in [-0.15, -0.1) is 11.8 Å². The quantitative estimate of drug-likeness (QED) is 0.423. The molecule has 1 atom stereocenters. The minimum absolute atomic E-state index is 0.0688. The van der Waals surface area contributed by atoms with E-state index in [-0.39, 0.29) is 23.7 Å². The van der Waals surface area contributed by atoms with Crippen molar-refractivity contribution < 1.29 is 14.3 Å². The fourth-order valence-electron chi connectivity index (χ4n) is 2.70. The topological polar surface area (TPSA) is 67.4 Å². The fraction of sp³-hybridized carbons (Fsp3) is 0.167. The summed E-state index contributed by atoms with van der Waals surface area (Å²) >= 11 is 7.45. The molecule has 1 unspecified atom stereocenters. The Morgan fingerprint density at radius 1 is 1.00 bits per heavy atom. The largest absolute Gasteiger partial charge is 0.484 e. The number of para-hydroxylation sites is 1. The molecule has 2 amide bonds. The minimum atomic E-state index is -0.307. The van der Waals surface area contributed by atoms with Crippen LogP contribution >= 0.6 is 23.4 Å². The van der Waals surface area contributed by atoms with Crippen LogP contribution in [0.5, 0.6) is 5.75 Å². The number of hydrogen-bond donors (Lipinski definition) is 2. The molecule has 0 heterocycles. The third kappa shape index (κ3) is 7.05. The van der Waals surface area contributed by atoms with Gasteiger partial charge in [-0.2, -0.15) is 0 Å². The Morgan fingerprint density at radius 2 is 1.71 bits per heavy atom. The van der Waals surface area contributed by atoms with Crippen LogP contribution in [-0.2, 0) is 9.59 Å². The second-order valence-corrected chi connectivity index (χ2v) is 8.73. The lowest BCUT2D eigenvalue weighted by Crippen LogP contribution is -2.22. The molecule has 0 aromatic heterocycles. The van der Waals surface area contributed by atoms with E-state index in [1.165, 1.54) is 11.8 Å². The van der Waals surface area contributed by atoms with Gasteiger partial charge >= 0.3 is 0 Å². The summed E-state index contributed by atoms with van der Waals surface area (Å²) in [5.74, 6) is 0.296. The Morgan fingerprint density at radius 3 is 2.42 bits per heavy atom. The summed E-state index contributed by atoms with van der Waals surface area (Å²) in [5, 5.41) is 5.99.